The van der Waals surface area contributed by atoms with Crippen LogP contribution in [0.25, 0.3) is 0 Å². The molecule has 0 saturated heterocycles. The fraction of sp³-hybridized carbons (Fsp3) is 0.286. The fourth-order valence-corrected chi connectivity index (χ4v) is 3.17. The molecule has 0 radical (unpaired) electrons. The summed E-state index contributed by atoms with van der Waals surface area (Å²) < 4.78 is 19.3. The van der Waals surface area contributed by atoms with Crippen LogP contribution in [0.1, 0.15) is 18.7 Å². The molecule has 1 heterocycles. The molecule has 1 N–H and O–H groups in total. The van der Waals surface area contributed by atoms with Gasteiger partial charge < -0.3 is 9.73 Å². The highest BCUT2D eigenvalue weighted by Crippen LogP contribution is 2.29. The molecule has 0 fully saturated rings. The minimum atomic E-state index is -0.207. The van der Waals surface area contributed by atoms with Gasteiger partial charge in [0.25, 0.3) is 0 Å². The molecular weight excluding hydrogens is 329 g/mol. The van der Waals surface area contributed by atoms with Crippen molar-refractivity contribution in [2.24, 2.45) is 0 Å². The second-order valence-corrected chi connectivity index (χ2v) is 5.96. The quantitative estimate of drug-likeness (QED) is 0.774. The van der Waals surface area contributed by atoms with Gasteiger partial charge in [0.1, 0.15) is 11.6 Å². The standard InChI is InChI=1S/C14H15BrFNOS/c1-2-17-13(14-12(15)7-8-18-14)9-19-11-5-3-10(16)4-6-11/h3-8,13,17H,2,9H2,1H3. The van der Waals surface area contributed by atoms with Crippen LogP contribution in [0.5, 0.6) is 0 Å². The van der Waals surface area contributed by atoms with Crippen molar-refractivity contribution < 1.29 is 8.81 Å². The van der Waals surface area contributed by atoms with Gasteiger partial charge in [-0.25, -0.2) is 4.39 Å². The number of thioether (sulfide) groups is 1. The Bertz CT molecular complexity index is 514. The molecule has 19 heavy (non-hydrogen) atoms. The van der Waals surface area contributed by atoms with Crippen LogP contribution in [0.2, 0.25) is 0 Å². The van der Waals surface area contributed by atoms with Crippen LogP contribution in [0.15, 0.2) is 50.4 Å². The van der Waals surface area contributed by atoms with Gasteiger partial charge in [0.05, 0.1) is 16.8 Å². The molecule has 1 atom stereocenters. The average molecular weight is 344 g/mol. The van der Waals surface area contributed by atoms with Crippen LogP contribution < -0.4 is 5.32 Å². The summed E-state index contributed by atoms with van der Waals surface area (Å²) in [6, 6.07) is 8.56. The zero-order chi connectivity index (χ0) is 13.7. The fourth-order valence-electron chi connectivity index (χ4n) is 1.74. The lowest BCUT2D eigenvalue weighted by molar-refractivity contribution is 0.438. The third-order valence-electron chi connectivity index (χ3n) is 2.64. The first kappa shape index (κ1) is 14.6. The van der Waals surface area contributed by atoms with Crippen LogP contribution in [-0.2, 0) is 0 Å². The zero-order valence-electron chi connectivity index (χ0n) is 10.5. The van der Waals surface area contributed by atoms with E-state index in [-0.39, 0.29) is 11.9 Å². The molecule has 5 heteroatoms. The molecule has 102 valence electrons. The van der Waals surface area contributed by atoms with E-state index in [1.54, 1.807) is 30.2 Å². The first-order valence-corrected chi connectivity index (χ1v) is 7.83. The minimum Gasteiger partial charge on any atom is -0.466 e. The van der Waals surface area contributed by atoms with Gasteiger partial charge in [-0.2, -0.15) is 0 Å². The molecule has 0 aliphatic heterocycles. The maximum Gasteiger partial charge on any atom is 0.135 e. The Morgan fingerprint density at radius 2 is 2.05 bits per heavy atom. The van der Waals surface area contributed by atoms with E-state index in [1.165, 1.54) is 12.1 Å². The summed E-state index contributed by atoms with van der Waals surface area (Å²) in [6.45, 7) is 2.92. The number of rotatable bonds is 6. The van der Waals surface area contributed by atoms with Crippen molar-refractivity contribution in [1.29, 1.82) is 0 Å². The predicted octanol–water partition coefficient (Wildman–Crippen LogP) is 4.62. The van der Waals surface area contributed by atoms with Crippen molar-refractivity contribution in [1.82, 2.24) is 5.32 Å². The molecule has 1 unspecified atom stereocenters. The summed E-state index contributed by atoms with van der Waals surface area (Å²) in [5, 5.41) is 3.39. The number of halogens is 2. The average Bonchev–Trinajstić information content (AvgIpc) is 2.83. The van der Waals surface area contributed by atoms with Gasteiger partial charge in [0, 0.05) is 10.6 Å². The maximum atomic E-state index is 12.8. The van der Waals surface area contributed by atoms with Crippen LogP contribution in [0.3, 0.4) is 0 Å². The van der Waals surface area contributed by atoms with Crippen molar-refractivity contribution in [3.63, 3.8) is 0 Å². The monoisotopic (exact) mass is 343 g/mol. The third-order valence-corrected chi connectivity index (χ3v) is 4.40. The van der Waals surface area contributed by atoms with Crippen molar-refractivity contribution >= 4 is 27.7 Å². The topological polar surface area (TPSA) is 25.2 Å². The SMILES string of the molecule is CCNC(CSc1ccc(F)cc1)c1occc1Br. The molecule has 0 saturated carbocycles. The van der Waals surface area contributed by atoms with E-state index < -0.39 is 0 Å². The summed E-state index contributed by atoms with van der Waals surface area (Å²) >= 11 is 5.15. The number of hydrogen-bond donors (Lipinski definition) is 1. The molecule has 1 aromatic carbocycles. The van der Waals surface area contributed by atoms with Crippen molar-refractivity contribution in [3.05, 3.63) is 52.6 Å². The van der Waals surface area contributed by atoms with Gasteiger partial charge in [0.2, 0.25) is 0 Å². The number of furan rings is 1. The Hall–Kier alpha value is -0.780. The molecule has 0 amide bonds. The molecule has 0 bridgehead atoms. The van der Waals surface area contributed by atoms with E-state index in [9.17, 15) is 4.39 Å². The largest absolute Gasteiger partial charge is 0.466 e. The Morgan fingerprint density at radius 1 is 1.32 bits per heavy atom. The van der Waals surface area contributed by atoms with Gasteiger partial charge in [-0.05, 0) is 52.8 Å². The Morgan fingerprint density at radius 3 is 2.63 bits per heavy atom. The zero-order valence-corrected chi connectivity index (χ0v) is 12.9. The summed E-state index contributed by atoms with van der Waals surface area (Å²) in [6.07, 6.45) is 1.67. The molecule has 0 spiro atoms. The van der Waals surface area contributed by atoms with Crippen molar-refractivity contribution in [3.8, 4) is 0 Å². The highest BCUT2D eigenvalue weighted by Gasteiger charge is 2.17. The molecule has 2 aromatic rings. The molecule has 1 aromatic heterocycles. The van der Waals surface area contributed by atoms with Gasteiger partial charge in [0.15, 0.2) is 0 Å². The highest BCUT2D eigenvalue weighted by molar-refractivity contribution is 9.10. The number of hydrogen-bond acceptors (Lipinski definition) is 3. The number of benzene rings is 1. The highest BCUT2D eigenvalue weighted by atomic mass is 79.9. The summed E-state index contributed by atoms with van der Waals surface area (Å²) in [5.41, 5.74) is 0. The summed E-state index contributed by atoms with van der Waals surface area (Å²) in [7, 11) is 0. The second-order valence-electron chi connectivity index (χ2n) is 4.01. The smallest absolute Gasteiger partial charge is 0.135 e. The molecule has 0 aliphatic rings. The van der Waals surface area contributed by atoms with Crippen molar-refractivity contribution in [2.75, 3.05) is 12.3 Å². The van der Waals surface area contributed by atoms with Gasteiger partial charge >= 0.3 is 0 Å². The van der Waals surface area contributed by atoms with E-state index in [4.69, 9.17) is 4.42 Å². The molecule has 0 aliphatic carbocycles. The van der Waals surface area contributed by atoms with Crippen LogP contribution in [0, 0.1) is 5.82 Å². The summed E-state index contributed by atoms with van der Waals surface area (Å²) in [5.74, 6) is 1.52. The second kappa shape index (κ2) is 7.12. The minimum absolute atomic E-state index is 0.129. The van der Waals surface area contributed by atoms with Crippen molar-refractivity contribution in [2.45, 2.75) is 17.9 Å². The van der Waals surface area contributed by atoms with Gasteiger partial charge in [-0.1, -0.05) is 6.92 Å². The van der Waals surface area contributed by atoms with E-state index >= 15 is 0 Å². The summed E-state index contributed by atoms with van der Waals surface area (Å²) in [4.78, 5) is 1.05. The first-order chi connectivity index (χ1) is 9.20. The lowest BCUT2D eigenvalue weighted by Gasteiger charge is -2.15. The lowest BCUT2D eigenvalue weighted by Crippen LogP contribution is -2.22. The van der Waals surface area contributed by atoms with Crippen LogP contribution in [0.4, 0.5) is 4.39 Å². The van der Waals surface area contributed by atoms with Gasteiger partial charge in [-0.15, -0.1) is 11.8 Å². The maximum absolute atomic E-state index is 12.8. The van der Waals surface area contributed by atoms with Crippen LogP contribution in [-0.4, -0.2) is 12.3 Å². The Balaban J connectivity index is 2.01. The Kier molecular flexibility index (Phi) is 5.48. The number of nitrogens with one attached hydrogen (secondary N) is 1. The normalized spacial score (nSPS) is 12.6. The van der Waals surface area contributed by atoms with E-state index in [0.29, 0.717) is 0 Å². The predicted molar refractivity (Wildman–Crippen MR) is 79.9 cm³/mol. The van der Waals surface area contributed by atoms with Gasteiger partial charge in [-0.3, -0.25) is 0 Å². The van der Waals surface area contributed by atoms with Crippen LogP contribution >= 0.6 is 27.7 Å². The molecule has 2 nitrogen and oxygen atoms in total. The third kappa shape index (κ3) is 4.09. The van der Waals surface area contributed by atoms with E-state index in [0.717, 1.165) is 27.4 Å². The van der Waals surface area contributed by atoms with E-state index in [2.05, 4.69) is 28.2 Å². The first-order valence-electron chi connectivity index (χ1n) is 6.05. The molecule has 2 rings (SSSR count). The Labute approximate surface area is 124 Å². The lowest BCUT2D eigenvalue weighted by atomic mass is 10.2. The molecular formula is C14H15BrFNOS. The van der Waals surface area contributed by atoms with E-state index in [1.807, 2.05) is 6.07 Å².